The second-order valence-electron chi connectivity index (χ2n) is 4.98. The number of hydrogen-bond donors (Lipinski definition) is 1. The van der Waals surface area contributed by atoms with Gasteiger partial charge in [-0.25, -0.2) is 15.0 Å². The van der Waals surface area contributed by atoms with Crippen LogP contribution in [0.25, 0.3) is 10.2 Å². The molecule has 0 aliphatic rings. The van der Waals surface area contributed by atoms with Gasteiger partial charge in [0.15, 0.2) is 10.8 Å². The van der Waals surface area contributed by atoms with Crippen molar-refractivity contribution >= 4 is 50.1 Å². The van der Waals surface area contributed by atoms with Gasteiger partial charge in [-0.05, 0) is 26.0 Å². The van der Waals surface area contributed by atoms with Crippen LogP contribution in [0, 0.1) is 0 Å². The predicted octanol–water partition coefficient (Wildman–Crippen LogP) is 3.84. The first kappa shape index (κ1) is 16.6. The Morgan fingerprint density at radius 2 is 2.00 bits per heavy atom. The van der Waals surface area contributed by atoms with Gasteiger partial charge < -0.3 is 4.90 Å². The molecule has 0 saturated heterocycles. The molecule has 2 aromatic heterocycles. The second-order valence-corrected chi connectivity index (χ2v) is 6.42. The SMILES string of the molecule is CCN(CC)c1ncc(Cl)c(C(=O)Nc2nc3ccccc3s2)n1. The van der Waals surface area contributed by atoms with Crippen molar-refractivity contribution in [3.05, 3.63) is 41.2 Å². The number of rotatable bonds is 5. The van der Waals surface area contributed by atoms with Crippen molar-refractivity contribution in [2.45, 2.75) is 13.8 Å². The van der Waals surface area contributed by atoms with E-state index in [0.717, 1.165) is 23.3 Å². The van der Waals surface area contributed by atoms with Gasteiger partial charge >= 0.3 is 0 Å². The molecular formula is C16H16ClN5OS. The van der Waals surface area contributed by atoms with Crippen LogP contribution < -0.4 is 10.2 Å². The molecule has 0 atom stereocenters. The monoisotopic (exact) mass is 361 g/mol. The van der Waals surface area contributed by atoms with Gasteiger partial charge in [0.25, 0.3) is 5.91 Å². The molecule has 124 valence electrons. The zero-order chi connectivity index (χ0) is 17.1. The highest BCUT2D eigenvalue weighted by Crippen LogP contribution is 2.26. The molecular weight excluding hydrogens is 346 g/mol. The number of hydrogen-bond acceptors (Lipinski definition) is 6. The number of halogens is 1. The lowest BCUT2D eigenvalue weighted by Crippen LogP contribution is -2.25. The molecule has 6 nitrogen and oxygen atoms in total. The average Bonchev–Trinajstić information content (AvgIpc) is 2.99. The van der Waals surface area contributed by atoms with Gasteiger partial charge in [-0.3, -0.25) is 10.1 Å². The number of carbonyl (C=O) groups is 1. The molecule has 0 unspecified atom stereocenters. The van der Waals surface area contributed by atoms with Crippen LogP contribution in [0.4, 0.5) is 11.1 Å². The van der Waals surface area contributed by atoms with Gasteiger partial charge in [-0.1, -0.05) is 35.1 Å². The van der Waals surface area contributed by atoms with Crippen molar-refractivity contribution < 1.29 is 4.79 Å². The minimum atomic E-state index is -0.394. The third-order valence-corrected chi connectivity index (χ3v) is 4.74. The summed E-state index contributed by atoms with van der Waals surface area (Å²) in [6.07, 6.45) is 1.45. The van der Waals surface area contributed by atoms with Crippen LogP contribution in [0.2, 0.25) is 5.02 Å². The summed E-state index contributed by atoms with van der Waals surface area (Å²) in [6, 6.07) is 7.70. The van der Waals surface area contributed by atoms with E-state index in [1.54, 1.807) is 0 Å². The van der Waals surface area contributed by atoms with Gasteiger partial charge in [0.1, 0.15) is 0 Å². The highest BCUT2D eigenvalue weighted by molar-refractivity contribution is 7.22. The van der Waals surface area contributed by atoms with Gasteiger partial charge in [0.2, 0.25) is 5.95 Å². The molecule has 24 heavy (non-hydrogen) atoms. The van der Waals surface area contributed by atoms with E-state index in [1.807, 2.05) is 43.0 Å². The largest absolute Gasteiger partial charge is 0.341 e. The van der Waals surface area contributed by atoms with Gasteiger partial charge in [0, 0.05) is 13.1 Å². The Morgan fingerprint density at radius 3 is 2.71 bits per heavy atom. The maximum atomic E-state index is 12.5. The summed E-state index contributed by atoms with van der Waals surface area (Å²) in [5.41, 5.74) is 0.989. The molecule has 0 aliphatic carbocycles. The van der Waals surface area contributed by atoms with E-state index in [-0.39, 0.29) is 10.7 Å². The third kappa shape index (κ3) is 3.32. The van der Waals surface area contributed by atoms with Crippen LogP contribution in [-0.4, -0.2) is 33.9 Å². The van der Waals surface area contributed by atoms with Crippen LogP contribution in [0.3, 0.4) is 0 Å². The zero-order valence-corrected chi connectivity index (χ0v) is 14.9. The highest BCUT2D eigenvalue weighted by Gasteiger charge is 2.17. The normalized spacial score (nSPS) is 10.8. The summed E-state index contributed by atoms with van der Waals surface area (Å²) in [7, 11) is 0. The number of nitrogens with one attached hydrogen (secondary N) is 1. The maximum absolute atomic E-state index is 12.5. The fourth-order valence-corrected chi connectivity index (χ4v) is 3.30. The standard InChI is InChI=1S/C16H16ClN5OS/c1-3-22(4-2)15-18-9-10(17)13(20-15)14(23)21-16-19-11-7-5-6-8-12(11)24-16/h5-9H,3-4H2,1-2H3,(H,19,21,23). The van der Waals surface area contributed by atoms with Gasteiger partial charge in [-0.2, -0.15) is 0 Å². The minimum absolute atomic E-state index is 0.146. The van der Waals surface area contributed by atoms with Crippen molar-refractivity contribution in [1.82, 2.24) is 15.0 Å². The Balaban J connectivity index is 1.87. The van der Waals surface area contributed by atoms with E-state index in [1.165, 1.54) is 17.5 Å². The molecule has 0 saturated carbocycles. The van der Waals surface area contributed by atoms with Crippen LogP contribution in [-0.2, 0) is 0 Å². The first-order chi connectivity index (χ1) is 11.6. The summed E-state index contributed by atoms with van der Waals surface area (Å²) in [5.74, 6) is 0.0914. The summed E-state index contributed by atoms with van der Waals surface area (Å²) in [4.78, 5) is 27.4. The van der Waals surface area contributed by atoms with Crippen LogP contribution >= 0.6 is 22.9 Å². The Kier molecular flexibility index (Phi) is 4.92. The van der Waals surface area contributed by atoms with Crippen LogP contribution in [0.15, 0.2) is 30.5 Å². The van der Waals surface area contributed by atoms with E-state index in [0.29, 0.717) is 11.1 Å². The topological polar surface area (TPSA) is 71.0 Å². The Bertz CT molecular complexity index is 845. The number of para-hydroxylation sites is 1. The number of benzene rings is 1. The average molecular weight is 362 g/mol. The number of carbonyl (C=O) groups excluding carboxylic acids is 1. The van der Waals surface area contributed by atoms with Crippen LogP contribution in [0.5, 0.6) is 0 Å². The zero-order valence-electron chi connectivity index (χ0n) is 13.3. The molecule has 0 aliphatic heterocycles. The van der Waals surface area contributed by atoms with Crippen molar-refractivity contribution in [3.8, 4) is 0 Å². The molecule has 1 amide bonds. The lowest BCUT2D eigenvalue weighted by Gasteiger charge is -2.18. The van der Waals surface area contributed by atoms with E-state index < -0.39 is 5.91 Å². The fourth-order valence-electron chi connectivity index (χ4n) is 2.26. The van der Waals surface area contributed by atoms with E-state index in [4.69, 9.17) is 11.6 Å². The fraction of sp³-hybridized carbons (Fsp3) is 0.250. The van der Waals surface area contributed by atoms with Crippen LogP contribution in [0.1, 0.15) is 24.3 Å². The first-order valence-electron chi connectivity index (χ1n) is 7.56. The first-order valence-corrected chi connectivity index (χ1v) is 8.76. The number of thiazole rings is 1. The molecule has 0 bridgehead atoms. The Hall–Kier alpha value is -2.25. The number of nitrogens with zero attached hydrogens (tertiary/aromatic N) is 4. The van der Waals surface area contributed by atoms with Gasteiger partial charge in [-0.15, -0.1) is 0 Å². The summed E-state index contributed by atoms with van der Waals surface area (Å²) in [6.45, 7) is 5.50. The minimum Gasteiger partial charge on any atom is -0.341 e. The van der Waals surface area contributed by atoms with Gasteiger partial charge in [0.05, 0.1) is 21.4 Å². The third-order valence-electron chi connectivity index (χ3n) is 3.51. The van der Waals surface area contributed by atoms with E-state index in [2.05, 4.69) is 20.3 Å². The number of amides is 1. The molecule has 1 aromatic carbocycles. The van der Waals surface area contributed by atoms with E-state index in [9.17, 15) is 4.79 Å². The second kappa shape index (κ2) is 7.11. The lowest BCUT2D eigenvalue weighted by atomic mass is 10.3. The predicted molar refractivity (Wildman–Crippen MR) is 98.2 cm³/mol. The quantitative estimate of drug-likeness (QED) is 0.747. The molecule has 0 radical (unpaired) electrons. The molecule has 2 heterocycles. The molecule has 3 aromatic rings. The van der Waals surface area contributed by atoms with E-state index >= 15 is 0 Å². The number of fused-ring (bicyclic) bond motifs is 1. The molecule has 1 N–H and O–H groups in total. The summed E-state index contributed by atoms with van der Waals surface area (Å²) in [5, 5.41) is 3.49. The number of aromatic nitrogens is 3. The van der Waals surface area contributed by atoms with Crippen molar-refractivity contribution in [1.29, 1.82) is 0 Å². The lowest BCUT2D eigenvalue weighted by molar-refractivity contribution is 0.102. The summed E-state index contributed by atoms with van der Waals surface area (Å²) < 4.78 is 1.01. The van der Waals surface area contributed by atoms with Crippen molar-refractivity contribution in [2.75, 3.05) is 23.3 Å². The maximum Gasteiger partial charge on any atom is 0.277 e. The molecule has 0 spiro atoms. The molecule has 0 fully saturated rings. The summed E-state index contributed by atoms with van der Waals surface area (Å²) >= 11 is 7.51. The van der Waals surface area contributed by atoms with Crippen molar-refractivity contribution in [3.63, 3.8) is 0 Å². The molecule has 3 rings (SSSR count). The smallest absolute Gasteiger partial charge is 0.277 e. The molecule has 8 heteroatoms. The Labute approximate surface area is 148 Å². The highest BCUT2D eigenvalue weighted by atomic mass is 35.5. The Morgan fingerprint density at radius 1 is 1.25 bits per heavy atom. The van der Waals surface area contributed by atoms with Crippen molar-refractivity contribution in [2.24, 2.45) is 0 Å². The number of anilines is 2.